The number of nitrogens with zero attached hydrogens (tertiary/aromatic N) is 1. The normalized spacial score (nSPS) is 24.0. The van der Waals surface area contributed by atoms with Gasteiger partial charge in [0, 0.05) is 19.0 Å². The van der Waals surface area contributed by atoms with Crippen molar-refractivity contribution in [3.05, 3.63) is 0 Å². The van der Waals surface area contributed by atoms with E-state index in [-0.39, 0.29) is 0 Å². The molecule has 0 aliphatic carbocycles. The highest BCUT2D eigenvalue weighted by Crippen LogP contribution is 2.16. The van der Waals surface area contributed by atoms with E-state index in [1.165, 1.54) is 45.3 Å². The van der Waals surface area contributed by atoms with Gasteiger partial charge in [-0.2, -0.15) is 0 Å². The molecule has 0 aromatic carbocycles. The second kappa shape index (κ2) is 7.66. The van der Waals surface area contributed by atoms with Gasteiger partial charge in [-0.1, -0.05) is 15.9 Å². The second-order valence-electron chi connectivity index (χ2n) is 4.16. The molecule has 1 aliphatic rings. The van der Waals surface area contributed by atoms with E-state index in [2.05, 4.69) is 20.8 Å². The zero-order chi connectivity index (χ0) is 10.2. The predicted molar refractivity (Wildman–Crippen MR) is 64.1 cm³/mol. The molecule has 3 heteroatoms. The molecule has 14 heavy (non-hydrogen) atoms. The molecule has 0 amide bonds. The standard InChI is InChI=1S/C11H22BrNO/c1-14-10-11-5-4-8-13(9-11)7-3-2-6-12/h11H,2-10H2,1H3. The molecule has 0 bridgehead atoms. The zero-order valence-corrected chi connectivity index (χ0v) is 10.8. The quantitative estimate of drug-likeness (QED) is 0.540. The molecule has 1 heterocycles. The molecule has 0 saturated carbocycles. The lowest BCUT2D eigenvalue weighted by molar-refractivity contribution is 0.0901. The lowest BCUT2D eigenvalue weighted by atomic mass is 9.99. The number of piperidine rings is 1. The van der Waals surface area contributed by atoms with Crippen molar-refractivity contribution < 1.29 is 4.74 Å². The van der Waals surface area contributed by atoms with E-state index in [4.69, 9.17) is 4.74 Å². The molecule has 0 spiro atoms. The molecule has 1 unspecified atom stereocenters. The third-order valence-electron chi connectivity index (χ3n) is 2.86. The first-order chi connectivity index (χ1) is 6.86. The van der Waals surface area contributed by atoms with Crippen LogP contribution in [0, 0.1) is 5.92 Å². The number of methoxy groups -OCH3 is 1. The van der Waals surface area contributed by atoms with Gasteiger partial charge in [0.1, 0.15) is 0 Å². The van der Waals surface area contributed by atoms with E-state index in [9.17, 15) is 0 Å². The highest BCUT2D eigenvalue weighted by molar-refractivity contribution is 9.09. The van der Waals surface area contributed by atoms with Crippen molar-refractivity contribution in [1.82, 2.24) is 4.90 Å². The van der Waals surface area contributed by atoms with Crippen LogP contribution < -0.4 is 0 Å². The van der Waals surface area contributed by atoms with E-state index in [0.29, 0.717) is 0 Å². The Balaban J connectivity index is 2.12. The fourth-order valence-electron chi connectivity index (χ4n) is 2.16. The number of ether oxygens (including phenoxy) is 1. The van der Waals surface area contributed by atoms with Gasteiger partial charge in [-0.15, -0.1) is 0 Å². The van der Waals surface area contributed by atoms with Gasteiger partial charge in [0.25, 0.3) is 0 Å². The van der Waals surface area contributed by atoms with Crippen molar-refractivity contribution in [1.29, 1.82) is 0 Å². The number of likely N-dealkylation sites (tertiary alicyclic amines) is 1. The highest BCUT2D eigenvalue weighted by Gasteiger charge is 2.18. The first-order valence-electron chi connectivity index (χ1n) is 5.64. The zero-order valence-electron chi connectivity index (χ0n) is 9.17. The maximum Gasteiger partial charge on any atom is 0.0502 e. The van der Waals surface area contributed by atoms with Gasteiger partial charge in [-0.25, -0.2) is 0 Å². The number of hydrogen-bond acceptors (Lipinski definition) is 2. The van der Waals surface area contributed by atoms with Crippen molar-refractivity contribution in [3.63, 3.8) is 0 Å². The molecule has 84 valence electrons. The van der Waals surface area contributed by atoms with Crippen molar-refractivity contribution in [2.45, 2.75) is 25.7 Å². The number of alkyl halides is 1. The van der Waals surface area contributed by atoms with Gasteiger partial charge in [0.15, 0.2) is 0 Å². The van der Waals surface area contributed by atoms with Crippen molar-refractivity contribution in [3.8, 4) is 0 Å². The summed E-state index contributed by atoms with van der Waals surface area (Å²) in [6.07, 6.45) is 5.32. The molecular formula is C11H22BrNO. The Morgan fingerprint density at radius 2 is 2.29 bits per heavy atom. The highest BCUT2D eigenvalue weighted by atomic mass is 79.9. The largest absolute Gasteiger partial charge is 0.384 e. The summed E-state index contributed by atoms with van der Waals surface area (Å²) >= 11 is 3.47. The molecule has 1 atom stereocenters. The summed E-state index contributed by atoms with van der Waals surface area (Å²) in [4.78, 5) is 2.59. The Morgan fingerprint density at radius 3 is 3.00 bits per heavy atom. The van der Waals surface area contributed by atoms with Crippen LogP contribution in [0.15, 0.2) is 0 Å². The first kappa shape index (κ1) is 12.5. The van der Waals surface area contributed by atoms with E-state index in [1.807, 2.05) is 7.11 Å². The molecule has 0 radical (unpaired) electrons. The fourth-order valence-corrected chi connectivity index (χ4v) is 2.55. The Kier molecular flexibility index (Phi) is 6.82. The number of halogens is 1. The van der Waals surface area contributed by atoms with Crippen LogP contribution >= 0.6 is 15.9 Å². The Hall–Kier alpha value is 0.400. The topological polar surface area (TPSA) is 12.5 Å². The second-order valence-corrected chi connectivity index (χ2v) is 4.95. The fraction of sp³-hybridized carbons (Fsp3) is 1.00. The van der Waals surface area contributed by atoms with Gasteiger partial charge < -0.3 is 9.64 Å². The van der Waals surface area contributed by atoms with E-state index < -0.39 is 0 Å². The van der Waals surface area contributed by atoms with Gasteiger partial charge >= 0.3 is 0 Å². The van der Waals surface area contributed by atoms with Crippen LogP contribution in [0.5, 0.6) is 0 Å². The third-order valence-corrected chi connectivity index (χ3v) is 3.42. The molecule has 1 fully saturated rings. The summed E-state index contributed by atoms with van der Waals surface area (Å²) in [5.41, 5.74) is 0. The number of unbranched alkanes of at least 4 members (excludes halogenated alkanes) is 1. The summed E-state index contributed by atoms with van der Waals surface area (Å²) in [5, 5.41) is 1.14. The third kappa shape index (κ3) is 4.76. The van der Waals surface area contributed by atoms with Crippen LogP contribution in [0.4, 0.5) is 0 Å². The van der Waals surface area contributed by atoms with E-state index >= 15 is 0 Å². The summed E-state index contributed by atoms with van der Waals surface area (Å²) in [6.45, 7) is 4.75. The maximum absolute atomic E-state index is 5.22. The predicted octanol–water partition coefficient (Wildman–Crippen LogP) is 2.52. The van der Waals surface area contributed by atoms with Crippen LogP contribution in [0.3, 0.4) is 0 Å². The Labute approximate surface area is 96.1 Å². The van der Waals surface area contributed by atoms with Crippen LogP contribution in [0.1, 0.15) is 25.7 Å². The summed E-state index contributed by atoms with van der Waals surface area (Å²) in [6, 6.07) is 0. The molecule has 1 rings (SSSR count). The smallest absolute Gasteiger partial charge is 0.0502 e. The van der Waals surface area contributed by atoms with Gasteiger partial charge in [-0.05, 0) is 44.7 Å². The van der Waals surface area contributed by atoms with Crippen molar-refractivity contribution in [2.24, 2.45) is 5.92 Å². The molecule has 2 nitrogen and oxygen atoms in total. The van der Waals surface area contributed by atoms with E-state index in [0.717, 1.165) is 17.9 Å². The van der Waals surface area contributed by atoms with Gasteiger partial charge in [0.2, 0.25) is 0 Å². The number of hydrogen-bond donors (Lipinski definition) is 0. The van der Waals surface area contributed by atoms with E-state index in [1.54, 1.807) is 0 Å². The molecule has 1 saturated heterocycles. The average molecular weight is 264 g/mol. The van der Waals surface area contributed by atoms with Crippen molar-refractivity contribution in [2.75, 3.05) is 38.7 Å². The Morgan fingerprint density at radius 1 is 1.43 bits per heavy atom. The molecular weight excluding hydrogens is 242 g/mol. The SMILES string of the molecule is COCC1CCCN(CCCCBr)C1. The molecule has 1 aliphatic heterocycles. The van der Waals surface area contributed by atoms with Crippen molar-refractivity contribution >= 4 is 15.9 Å². The minimum atomic E-state index is 0.776. The number of rotatable bonds is 6. The summed E-state index contributed by atoms with van der Waals surface area (Å²) < 4.78 is 5.22. The minimum absolute atomic E-state index is 0.776. The van der Waals surface area contributed by atoms with Crippen LogP contribution in [-0.2, 0) is 4.74 Å². The lowest BCUT2D eigenvalue weighted by Crippen LogP contribution is -2.37. The van der Waals surface area contributed by atoms with Crippen LogP contribution in [0.25, 0.3) is 0 Å². The summed E-state index contributed by atoms with van der Waals surface area (Å²) in [5.74, 6) is 0.776. The van der Waals surface area contributed by atoms with Gasteiger partial charge in [0.05, 0.1) is 6.61 Å². The van der Waals surface area contributed by atoms with Gasteiger partial charge in [-0.3, -0.25) is 0 Å². The first-order valence-corrected chi connectivity index (χ1v) is 6.76. The summed E-state index contributed by atoms with van der Waals surface area (Å²) in [7, 11) is 1.81. The molecule has 0 aromatic heterocycles. The molecule has 0 aromatic rings. The minimum Gasteiger partial charge on any atom is -0.384 e. The monoisotopic (exact) mass is 263 g/mol. The lowest BCUT2D eigenvalue weighted by Gasteiger charge is -2.32. The molecule has 0 N–H and O–H groups in total. The van der Waals surface area contributed by atoms with Crippen LogP contribution in [0.2, 0.25) is 0 Å². The van der Waals surface area contributed by atoms with Crippen LogP contribution in [-0.4, -0.2) is 43.6 Å². The Bertz CT molecular complexity index is 141. The average Bonchev–Trinajstić information content (AvgIpc) is 2.19. The maximum atomic E-state index is 5.22.